The zero-order valence-electron chi connectivity index (χ0n) is 17.1. The van der Waals surface area contributed by atoms with Crippen LogP contribution in [0.15, 0.2) is 24.4 Å². The van der Waals surface area contributed by atoms with Crippen molar-refractivity contribution in [2.24, 2.45) is 5.92 Å². The number of rotatable bonds is 4. The van der Waals surface area contributed by atoms with E-state index < -0.39 is 12.7 Å². The van der Waals surface area contributed by atoms with E-state index in [0.29, 0.717) is 5.95 Å². The summed E-state index contributed by atoms with van der Waals surface area (Å²) in [5, 5.41) is 26.2. The first kappa shape index (κ1) is 19.7. The molecule has 0 spiro atoms. The molecule has 1 aliphatic heterocycles. The molecule has 29 heavy (non-hydrogen) atoms. The van der Waals surface area contributed by atoms with Crippen molar-refractivity contribution < 1.29 is 9.68 Å². The maximum atomic E-state index is 10.1. The van der Waals surface area contributed by atoms with Crippen LogP contribution in [0.25, 0.3) is 0 Å². The normalized spacial score (nSPS) is 22.7. The maximum Gasteiger partial charge on any atom is 0.492 e. The van der Waals surface area contributed by atoms with Gasteiger partial charge in [-0.15, -0.1) is 0 Å². The molecule has 3 N–H and O–H groups in total. The van der Waals surface area contributed by atoms with E-state index in [9.17, 15) is 10.3 Å². The van der Waals surface area contributed by atoms with E-state index >= 15 is 0 Å². The van der Waals surface area contributed by atoms with Gasteiger partial charge in [-0.05, 0) is 56.8 Å². The second kappa shape index (κ2) is 7.66. The average molecular weight is 391 g/mol. The summed E-state index contributed by atoms with van der Waals surface area (Å²) in [5.74, 6) is 1.26. The van der Waals surface area contributed by atoms with Crippen molar-refractivity contribution >= 4 is 30.0 Å². The highest BCUT2D eigenvalue weighted by Gasteiger charge is 2.40. The largest absolute Gasteiger partial charge is 0.492 e. The van der Waals surface area contributed by atoms with Gasteiger partial charge in [-0.2, -0.15) is 10.2 Å². The molecule has 8 heteroatoms. The molecular formula is C21H26BN5O2. The van der Waals surface area contributed by atoms with Gasteiger partial charge in [0, 0.05) is 23.5 Å². The van der Waals surface area contributed by atoms with Gasteiger partial charge in [-0.3, -0.25) is 0 Å². The first-order valence-corrected chi connectivity index (χ1v) is 10.1. The van der Waals surface area contributed by atoms with Crippen LogP contribution in [0.4, 0.5) is 17.5 Å². The number of hydrogen-bond donors (Lipinski definition) is 3. The summed E-state index contributed by atoms with van der Waals surface area (Å²) in [7, 11) is -0.899. The molecule has 1 aromatic heterocycles. The fourth-order valence-corrected chi connectivity index (χ4v) is 4.19. The minimum Gasteiger partial charge on any atom is -0.423 e. The second-order valence-corrected chi connectivity index (χ2v) is 8.40. The monoisotopic (exact) mass is 391 g/mol. The van der Waals surface area contributed by atoms with Crippen LogP contribution in [-0.2, 0) is 10.3 Å². The number of aryl methyl sites for hydroxylation is 1. The molecule has 0 bridgehead atoms. The molecule has 1 aromatic carbocycles. The fourth-order valence-electron chi connectivity index (χ4n) is 4.19. The van der Waals surface area contributed by atoms with Gasteiger partial charge in [0.15, 0.2) is 0 Å². The van der Waals surface area contributed by atoms with Crippen LogP contribution in [-0.4, -0.2) is 28.2 Å². The highest BCUT2D eigenvalue weighted by atomic mass is 16.5. The summed E-state index contributed by atoms with van der Waals surface area (Å²) < 4.78 is 5.62. The molecule has 1 aliphatic carbocycles. The van der Waals surface area contributed by atoms with Crippen LogP contribution < -0.4 is 16.1 Å². The summed E-state index contributed by atoms with van der Waals surface area (Å²) in [4.78, 5) is 9.06. The molecule has 7 nitrogen and oxygen atoms in total. The summed E-state index contributed by atoms with van der Waals surface area (Å²) in [6.45, 7) is 5.84. The number of nitrogens with one attached hydrogen (secondary N) is 2. The lowest BCUT2D eigenvalue weighted by Gasteiger charge is -2.28. The van der Waals surface area contributed by atoms with Gasteiger partial charge in [0.25, 0.3) is 0 Å². The number of nitrogens with zero attached hydrogens (tertiary/aromatic N) is 3. The first-order valence-electron chi connectivity index (χ1n) is 10.1. The van der Waals surface area contributed by atoms with E-state index in [4.69, 9.17) is 4.65 Å². The lowest BCUT2D eigenvalue weighted by Crippen LogP contribution is -2.32. The van der Waals surface area contributed by atoms with Gasteiger partial charge in [0.05, 0.1) is 17.6 Å². The SMILES string of the molecule is Cc1cnc(Nc2ccc3c(c2)C(C)(C)OB3O)nc1N[C@@H]1CCCC[C@H]1C#N. The van der Waals surface area contributed by atoms with Crippen LogP contribution in [0.2, 0.25) is 0 Å². The van der Waals surface area contributed by atoms with Crippen LogP contribution in [0.1, 0.15) is 50.7 Å². The Morgan fingerprint density at radius 1 is 1.31 bits per heavy atom. The summed E-state index contributed by atoms with van der Waals surface area (Å²) >= 11 is 0. The van der Waals surface area contributed by atoms with Crippen molar-refractivity contribution in [3.05, 3.63) is 35.5 Å². The first-order chi connectivity index (χ1) is 13.9. The van der Waals surface area contributed by atoms with E-state index in [1.54, 1.807) is 6.20 Å². The Balaban J connectivity index is 1.55. The molecule has 0 saturated heterocycles. The van der Waals surface area contributed by atoms with Crippen LogP contribution in [0, 0.1) is 24.2 Å². The molecule has 2 heterocycles. The van der Waals surface area contributed by atoms with Crippen molar-refractivity contribution in [2.45, 2.75) is 58.1 Å². The van der Waals surface area contributed by atoms with E-state index in [2.05, 4.69) is 26.7 Å². The van der Waals surface area contributed by atoms with Crippen molar-refractivity contribution in [1.82, 2.24) is 9.97 Å². The summed E-state index contributed by atoms with van der Waals surface area (Å²) in [5.41, 5.74) is 2.95. The second-order valence-electron chi connectivity index (χ2n) is 8.40. The Hall–Kier alpha value is -2.63. The molecule has 2 aliphatic rings. The highest BCUT2D eigenvalue weighted by molar-refractivity contribution is 6.62. The van der Waals surface area contributed by atoms with Gasteiger partial charge in [-0.1, -0.05) is 18.9 Å². The van der Waals surface area contributed by atoms with Gasteiger partial charge >= 0.3 is 7.12 Å². The molecule has 1 fully saturated rings. The Morgan fingerprint density at radius 2 is 2.10 bits per heavy atom. The number of nitriles is 1. The van der Waals surface area contributed by atoms with E-state index in [-0.39, 0.29) is 12.0 Å². The predicted octanol–water partition coefficient (Wildman–Crippen LogP) is 2.98. The Bertz CT molecular complexity index is 959. The maximum absolute atomic E-state index is 10.1. The molecule has 4 rings (SSSR count). The molecule has 2 atom stereocenters. The van der Waals surface area contributed by atoms with Gasteiger partial charge in [0.2, 0.25) is 5.95 Å². The predicted molar refractivity (Wildman–Crippen MR) is 113 cm³/mol. The average Bonchev–Trinajstić information content (AvgIpc) is 2.93. The summed E-state index contributed by atoms with van der Waals surface area (Å²) in [6.07, 6.45) is 5.93. The van der Waals surface area contributed by atoms with Crippen molar-refractivity contribution in [1.29, 1.82) is 5.26 Å². The van der Waals surface area contributed by atoms with Crippen molar-refractivity contribution in [2.75, 3.05) is 10.6 Å². The molecule has 0 radical (unpaired) electrons. The van der Waals surface area contributed by atoms with Crippen LogP contribution >= 0.6 is 0 Å². The van der Waals surface area contributed by atoms with Gasteiger partial charge in [0.1, 0.15) is 5.82 Å². The van der Waals surface area contributed by atoms with Gasteiger partial charge in [-0.25, -0.2) is 4.98 Å². The number of fused-ring (bicyclic) bond motifs is 1. The topological polar surface area (TPSA) is 103 Å². The number of benzene rings is 1. The third-order valence-electron chi connectivity index (χ3n) is 5.86. The fraction of sp³-hybridized carbons (Fsp3) is 0.476. The van der Waals surface area contributed by atoms with E-state index in [1.807, 2.05) is 39.0 Å². The van der Waals surface area contributed by atoms with Crippen molar-refractivity contribution in [3.63, 3.8) is 0 Å². The number of aromatic nitrogens is 2. The third kappa shape index (κ3) is 3.93. The third-order valence-corrected chi connectivity index (χ3v) is 5.86. The lowest BCUT2D eigenvalue weighted by molar-refractivity contribution is 0.101. The van der Waals surface area contributed by atoms with Crippen molar-refractivity contribution in [3.8, 4) is 6.07 Å². The van der Waals surface area contributed by atoms with Gasteiger partial charge < -0.3 is 20.3 Å². The standard InChI is InChI=1S/C21H26BN5O2/c1-13-12-24-20(27-19(13)26-18-7-5-4-6-14(18)11-23)25-15-8-9-17-16(10-15)21(2,3)29-22(17)28/h8-10,12,14,18,28H,4-7H2,1-3H3,(H2,24,25,26,27)/t14-,18+/m0/s1. The quantitative estimate of drug-likeness (QED) is 0.689. The van der Waals surface area contributed by atoms with E-state index in [1.165, 1.54) is 0 Å². The Morgan fingerprint density at radius 3 is 2.90 bits per heavy atom. The van der Waals surface area contributed by atoms with Crippen LogP contribution in [0.5, 0.6) is 0 Å². The van der Waals surface area contributed by atoms with Crippen LogP contribution in [0.3, 0.4) is 0 Å². The molecule has 2 aromatic rings. The minimum atomic E-state index is -0.899. The Kier molecular flexibility index (Phi) is 5.20. The highest BCUT2D eigenvalue weighted by Crippen LogP contribution is 2.32. The molecule has 150 valence electrons. The summed E-state index contributed by atoms with van der Waals surface area (Å²) in [6, 6.07) is 8.27. The number of anilines is 3. The lowest BCUT2D eigenvalue weighted by atomic mass is 9.78. The number of hydrogen-bond acceptors (Lipinski definition) is 7. The zero-order chi connectivity index (χ0) is 20.6. The van der Waals surface area contributed by atoms with E-state index in [0.717, 1.165) is 53.8 Å². The zero-order valence-corrected chi connectivity index (χ0v) is 17.1. The Labute approximate surface area is 171 Å². The minimum absolute atomic E-state index is 0.0138. The molecule has 0 unspecified atom stereocenters. The smallest absolute Gasteiger partial charge is 0.423 e. The molecular weight excluding hydrogens is 365 g/mol. The molecule has 1 saturated carbocycles. The molecule has 0 amide bonds.